The van der Waals surface area contributed by atoms with Crippen molar-refractivity contribution < 1.29 is 9.47 Å². The highest BCUT2D eigenvalue weighted by atomic mass is 16.5. The van der Waals surface area contributed by atoms with Crippen LogP contribution >= 0.6 is 0 Å². The summed E-state index contributed by atoms with van der Waals surface area (Å²) in [4.78, 5) is 4.64. The standard InChI is InChI=1S/C15H26N2O2/c1-13-11-14(7-4-5-9-18-2)17-15(12-13)16-8-6-10-19-3/h11-12H,4-10H2,1-3H3,(H,16,17). The summed E-state index contributed by atoms with van der Waals surface area (Å²) >= 11 is 0. The molecule has 0 radical (unpaired) electrons. The van der Waals surface area contributed by atoms with E-state index in [9.17, 15) is 0 Å². The highest BCUT2D eigenvalue weighted by molar-refractivity contribution is 5.39. The summed E-state index contributed by atoms with van der Waals surface area (Å²) in [6.45, 7) is 4.62. The number of nitrogens with zero attached hydrogens (tertiary/aromatic N) is 1. The van der Waals surface area contributed by atoms with Crippen LogP contribution in [0.5, 0.6) is 0 Å². The highest BCUT2D eigenvalue weighted by Crippen LogP contribution is 2.12. The van der Waals surface area contributed by atoms with Crippen molar-refractivity contribution in [2.45, 2.75) is 32.6 Å². The van der Waals surface area contributed by atoms with E-state index in [0.29, 0.717) is 0 Å². The Morgan fingerprint density at radius 1 is 1.05 bits per heavy atom. The molecule has 0 aliphatic carbocycles. The molecule has 0 unspecified atom stereocenters. The molecule has 4 heteroatoms. The molecule has 1 rings (SSSR count). The van der Waals surface area contributed by atoms with Crippen LogP contribution in [0.2, 0.25) is 0 Å². The van der Waals surface area contributed by atoms with Crippen LogP contribution in [0.25, 0.3) is 0 Å². The quantitative estimate of drug-likeness (QED) is 0.661. The maximum Gasteiger partial charge on any atom is 0.126 e. The fourth-order valence-corrected chi connectivity index (χ4v) is 1.94. The second-order valence-electron chi connectivity index (χ2n) is 4.74. The molecule has 1 heterocycles. The summed E-state index contributed by atoms with van der Waals surface area (Å²) in [5.41, 5.74) is 2.41. The number of hydrogen-bond donors (Lipinski definition) is 1. The molecule has 0 spiro atoms. The molecule has 4 nitrogen and oxygen atoms in total. The van der Waals surface area contributed by atoms with Crippen molar-refractivity contribution >= 4 is 5.82 Å². The van der Waals surface area contributed by atoms with Crippen molar-refractivity contribution in [3.05, 3.63) is 23.4 Å². The summed E-state index contributed by atoms with van der Waals surface area (Å²) in [5, 5.41) is 3.35. The molecular formula is C15H26N2O2. The third-order valence-electron chi connectivity index (χ3n) is 2.89. The molecule has 0 aromatic carbocycles. The summed E-state index contributed by atoms with van der Waals surface area (Å²) in [6.07, 6.45) is 4.21. The Hall–Kier alpha value is -1.13. The molecule has 0 amide bonds. The lowest BCUT2D eigenvalue weighted by Gasteiger charge is -2.09. The zero-order valence-corrected chi connectivity index (χ0v) is 12.4. The van der Waals surface area contributed by atoms with Crippen molar-refractivity contribution in [2.75, 3.05) is 39.3 Å². The van der Waals surface area contributed by atoms with Gasteiger partial charge < -0.3 is 14.8 Å². The summed E-state index contributed by atoms with van der Waals surface area (Å²) in [5.74, 6) is 0.970. The number of anilines is 1. The smallest absolute Gasteiger partial charge is 0.126 e. The van der Waals surface area contributed by atoms with Gasteiger partial charge in [0, 0.05) is 39.7 Å². The molecular weight excluding hydrogens is 240 g/mol. The second-order valence-corrected chi connectivity index (χ2v) is 4.74. The first-order valence-electron chi connectivity index (χ1n) is 6.95. The fourth-order valence-electron chi connectivity index (χ4n) is 1.94. The van der Waals surface area contributed by atoms with Crippen LogP contribution in [-0.2, 0) is 15.9 Å². The average Bonchev–Trinajstić information content (AvgIpc) is 2.39. The molecule has 1 aromatic heterocycles. The van der Waals surface area contributed by atoms with Crippen LogP contribution in [0.1, 0.15) is 30.5 Å². The number of methoxy groups -OCH3 is 2. The Morgan fingerprint density at radius 2 is 1.79 bits per heavy atom. The van der Waals surface area contributed by atoms with E-state index in [0.717, 1.165) is 57.0 Å². The van der Waals surface area contributed by atoms with Gasteiger partial charge in [0.25, 0.3) is 0 Å². The van der Waals surface area contributed by atoms with Gasteiger partial charge in [-0.25, -0.2) is 4.98 Å². The summed E-state index contributed by atoms with van der Waals surface area (Å²) in [6, 6.07) is 4.25. The van der Waals surface area contributed by atoms with Gasteiger partial charge in [0.2, 0.25) is 0 Å². The predicted molar refractivity (Wildman–Crippen MR) is 78.8 cm³/mol. The lowest BCUT2D eigenvalue weighted by Crippen LogP contribution is -2.07. The van der Waals surface area contributed by atoms with Gasteiger partial charge in [-0.1, -0.05) is 0 Å². The Labute approximate surface area is 116 Å². The van der Waals surface area contributed by atoms with Gasteiger partial charge in [0.1, 0.15) is 5.82 Å². The Balaban J connectivity index is 2.41. The minimum absolute atomic E-state index is 0.780. The van der Waals surface area contributed by atoms with E-state index in [4.69, 9.17) is 9.47 Å². The van der Waals surface area contributed by atoms with Gasteiger partial charge in [-0.3, -0.25) is 0 Å². The molecule has 1 N–H and O–H groups in total. The zero-order valence-electron chi connectivity index (χ0n) is 12.4. The Morgan fingerprint density at radius 3 is 2.53 bits per heavy atom. The molecule has 0 aliphatic heterocycles. The number of ether oxygens (including phenoxy) is 2. The molecule has 0 saturated carbocycles. The lowest BCUT2D eigenvalue weighted by molar-refractivity contribution is 0.193. The van der Waals surface area contributed by atoms with Crippen molar-refractivity contribution in [2.24, 2.45) is 0 Å². The third kappa shape index (κ3) is 7.13. The zero-order chi connectivity index (χ0) is 13.9. The molecule has 0 fully saturated rings. The molecule has 1 aromatic rings. The van der Waals surface area contributed by atoms with Gasteiger partial charge >= 0.3 is 0 Å². The van der Waals surface area contributed by atoms with E-state index in [1.54, 1.807) is 14.2 Å². The van der Waals surface area contributed by atoms with Gasteiger partial charge in [-0.15, -0.1) is 0 Å². The van der Waals surface area contributed by atoms with E-state index in [-0.39, 0.29) is 0 Å². The lowest BCUT2D eigenvalue weighted by atomic mass is 10.1. The Bertz CT molecular complexity index is 326. The average molecular weight is 266 g/mol. The first-order valence-corrected chi connectivity index (χ1v) is 6.95. The number of aromatic nitrogens is 1. The number of pyridine rings is 1. The SMILES string of the molecule is COCCCCc1cc(C)cc(NCCCOC)n1. The third-order valence-corrected chi connectivity index (χ3v) is 2.89. The number of aryl methyl sites for hydroxylation is 2. The van der Waals surface area contributed by atoms with Crippen LogP contribution < -0.4 is 5.32 Å². The molecule has 0 saturated heterocycles. The number of rotatable bonds is 10. The number of hydrogen-bond acceptors (Lipinski definition) is 4. The monoisotopic (exact) mass is 266 g/mol. The van der Waals surface area contributed by atoms with Crippen molar-refractivity contribution in [1.29, 1.82) is 0 Å². The molecule has 19 heavy (non-hydrogen) atoms. The summed E-state index contributed by atoms with van der Waals surface area (Å²) < 4.78 is 10.1. The Kier molecular flexibility index (Phi) is 8.18. The van der Waals surface area contributed by atoms with E-state index >= 15 is 0 Å². The summed E-state index contributed by atoms with van der Waals surface area (Å²) in [7, 11) is 3.47. The van der Waals surface area contributed by atoms with Gasteiger partial charge in [-0.05, 0) is 50.3 Å². The van der Waals surface area contributed by atoms with Crippen LogP contribution in [0, 0.1) is 6.92 Å². The number of nitrogens with one attached hydrogen (secondary N) is 1. The van der Waals surface area contributed by atoms with Gasteiger partial charge in [-0.2, -0.15) is 0 Å². The van der Waals surface area contributed by atoms with Crippen LogP contribution in [0.3, 0.4) is 0 Å². The van der Waals surface area contributed by atoms with Crippen LogP contribution in [-0.4, -0.2) is 39.0 Å². The topological polar surface area (TPSA) is 43.4 Å². The van der Waals surface area contributed by atoms with Crippen LogP contribution in [0.4, 0.5) is 5.82 Å². The van der Waals surface area contributed by atoms with Crippen LogP contribution in [0.15, 0.2) is 12.1 Å². The molecule has 0 bridgehead atoms. The van der Waals surface area contributed by atoms with Crippen molar-refractivity contribution in [3.8, 4) is 0 Å². The molecule has 0 aliphatic rings. The van der Waals surface area contributed by atoms with E-state index in [1.165, 1.54) is 5.56 Å². The molecule has 0 atom stereocenters. The van der Waals surface area contributed by atoms with Crippen molar-refractivity contribution in [3.63, 3.8) is 0 Å². The van der Waals surface area contributed by atoms with E-state index in [2.05, 4.69) is 29.4 Å². The molecule has 108 valence electrons. The predicted octanol–water partition coefficient (Wildman–Crippen LogP) is 2.81. The largest absolute Gasteiger partial charge is 0.385 e. The number of unbranched alkanes of at least 4 members (excludes halogenated alkanes) is 1. The normalized spacial score (nSPS) is 10.7. The maximum absolute atomic E-state index is 5.06. The van der Waals surface area contributed by atoms with Gasteiger partial charge in [0.15, 0.2) is 0 Å². The van der Waals surface area contributed by atoms with Gasteiger partial charge in [0.05, 0.1) is 0 Å². The fraction of sp³-hybridized carbons (Fsp3) is 0.667. The van der Waals surface area contributed by atoms with E-state index in [1.807, 2.05) is 0 Å². The minimum Gasteiger partial charge on any atom is -0.385 e. The van der Waals surface area contributed by atoms with Crippen molar-refractivity contribution in [1.82, 2.24) is 4.98 Å². The second kappa shape index (κ2) is 9.75. The van der Waals surface area contributed by atoms with E-state index < -0.39 is 0 Å². The first kappa shape index (κ1) is 15.9. The highest BCUT2D eigenvalue weighted by Gasteiger charge is 2.01. The maximum atomic E-state index is 5.06. The first-order chi connectivity index (χ1) is 9.26. The minimum atomic E-state index is 0.780.